The summed E-state index contributed by atoms with van der Waals surface area (Å²) >= 11 is 1.83. The highest BCUT2D eigenvalue weighted by Gasteiger charge is 2.00. The molecule has 2 nitrogen and oxygen atoms in total. The Morgan fingerprint density at radius 2 is 2.31 bits per heavy atom. The van der Waals surface area contributed by atoms with E-state index in [0.717, 1.165) is 13.1 Å². The maximum absolute atomic E-state index is 3.43. The number of aryl methyl sites for hydroxylation is 1. The lowest BCUT2D eigenvalue weighted by molar-refractivity contribution is 0.542. The summed E-state index contributed by atoms with van der Waals surface area (Å²) in [5, 5.41) is 8.77. The zero-order chi connectivity index (χ0) is 9.68. The second kappa shape index (κ2) is 5.37. The standard InChI is InChI=1S/C10H18N2S/c1-8-4-5-13-10(8)7-12-6-9(2)11-3/h4-5,9,11-12H,6-7H2,1-3H3. The predicted molar refractivity (Wildman–Crippen MR) is 59.3 cm³/mol. The van der Waals surface area contributed by atoms with Gasteiger partial charge in [0.25, 0.3) is 0 Å². The predicted octanol–water partition coefficient (Wildman–Crippen LogP) is 1.75. The van der Waals surface area contributed by atoms with Crippen molar-refractivity contribution in [2.45, 2.75) is 26.4 Å². The van der Waals surface area contributed by atoms with Crippen LogP contribution in [0.5, 0.6) is 0 Å². The minimum absolute atomic E-state index is 0.542. The van der Waals surface area contributed by atoms with Crippen LogP contribution in [0, 0.1) is 6.92 Å². The van der Waals surface area contributed by atoms with Crippen molar-refractivity contribution in [1.29, 1.82) is 0 Å². The average Bonchev–Trinajstić information content (AvgIpc) is 2.52. The van der Waals surface area contributed by atoms with E-state index in [1.807, 2.05) is 18.4 Å². The molecule has 0 radical (unpaired) electrons. The third-order valence-corrected chi connectivity index (χ3v) is 3.22. The first-order chi connectivity index (χ1) is 6.24. The lowest BCUT2D eigenvalue weighted by Crippen LogP contribution is -2.33. The van der Waals surface area contributed by atoms with Crippen LogP contribution >= 0.6 is 11.3 Å². The van der Waals surface area contributed by atoms with Gasteiger partial charge < -0.3 is 10.6 Å². The number of thiophene rings is 1. The molecule has 0 saturated carbocycles. The molecule has 0 aromatic carbocycles. The molecule has 0 aliphatic carbocycles. The maximum atomic E-state index is 3.43. The monoisotopic (exact) mass is 198 g/mol. The number of hydrogen-bond acceptors (Lipinski definition) is 3. The molecule has 1 unspecified atom stereocenters. The van der Waals surface area contributed by atoms with Gasteiger partial charge in [-0.1, -0.05) is 0 Å². The Balaban J connectivity index is 2.24. The summed E-state index contributed by atoms with van der Waals surface area (Å²) in [6.07, 6.45) is 0. The second-order valence-electron chi connectivity index (χ2n) is 3.35. The molecule has 1 aromatic rings. The van der Waals surface area contributed by atoms with E-state index in [4.69, 9.17) is 0 Å². The largest absolute Gasteiger partial charge is 0.316 e. The highest BCUT2D eigenvalue weighted by atomic mass is 32.1. The van der Waals surface area contributed by atoms with Crippen molar-refractivity contribution in [3.63, 3.8) is 0 Å². The fourth-order valence-electron chi connectivity index (χ4n) is 1.09. The third-order valence-electron chi connectivity index (χ3n) is 2.20. The van der Waals surface area contributed by atoms with Crippen molar-refractivity contribution < 1.29 is 0 Å². The highest BCUT2D eigenvalue weighted by Crippen LogP contribution is 2.14. The molecule has 1 heterocycles. The Bertz CT molecular complexity index is 245. The molecule has 0 amide bonds. The molecule has 0 saturated heterocycles. The van der Waals surface area contributed by atoms with Gasteiger partial charge >= 0.3 is 0 Å². The average molecular weight is 198 g/mol. The number of nitrogens with one attached hydrogen (secondary N) is 2. The van der Waals surface area contributed by atoms with E-state index in [-0.39, 0.29) is 0 Å². The highest BCUT2D eigenvalue weighted by molar-refractivity contribution is 7.10. The zero-order valence-electron chi connectivity index (χ0n) is 8.55. The van der Waals surface area contributed by atoms with E-state index in [1.165, 1.54) is 10.4 Å². The third kappa shape index (κ3) is 3.46. The van der Waals surface area contributed by atoms with Gasteiger partial charge in [0, 0.05) is 24.0 Å². The summed E-state index contributed by atoms with van der Waals surface area (Å²) < 4.78 is 0. The van der Waals surface area contributed by atoms with Crippen molar-refractivity contribution in [2.24, 2.45) is 0 Å². The molecule has 0 aliphatic heterocycles. The van der Waals surface area contributed by atoms with Gasteiger partial charge in [0.05, 0.1) is 0 Å². The molecule has 13 heavy (non-hydrogen) atoms. The Labute approximate surface area is 84.4 Å². The first-order valence-electron chi connectivity index (χ1n) is 4.65. The van der Waals surface area contributed by atoms with Gasteiger partial charge in [-0.25, -0.2) is 0 Å². The summed E-state index contributed by atoms with van der Waals surface area (Å²) in [6, 6.07) is 2.71. The van der Waals surface area contributed by atoms with Gasteiger partial charge in [0.2, 0.25) is 0 Å². The van der Waals surface area contributed by atoms with Crippen LogP contribution in [0.1, 0.15) is 17.4 Å². The van der Waals surface area contributed by atoms with Gasteiger partial charge in [0.15, 0.2) is 0 Å². The summed E-state index contributed by atoms with van der Waals surface area (Å²) in [7, 11) is 1.99. The van der Waals surface area contributed by atoms with E-state index in [1.54, 1.807) is 0 Å². The maximum Gasteiger partial charge on any atom is 0.0303 e. The molecule has 1 atom stereocenters. The van der Waals surface area contributed by atoms with Crippen LogP contribution in [0.4, 0.5) is 0 Å². The Morgan fingerprint density at radius 3 is 2.85 bits per heavy atom. The van der Waals surface area contributed by atoms with Crippen molar-refractivity contribution >= 4 is 11.3 Å². The summed E-state index contributed by atoms with van der Waals surface area (Å²) in [6.45, 7) is 6.35. The Kier molecular flexibility index (Phi) is 4.42. The van der Waals surface area contributed by atoms with E-state index >= 15 is 0 Å². The van der Waals surface area contributed by atoms with Gasteiger partial charge in [-0.15, -0.1) is 11.3 Å². The molecule has 0 fully saturated rings. The lowest BCUT2D eigenvalue weighted by atomic mass is 10.3. The van der Waals surface area contributed by atoms with Crippen LogP contribution in [0.25, 0.3) is 0 Å². The quantitative estimate of drug-likeness (QED) is 0.753. The van der Waals surface area contributed by atoms with Crippen LogP contribution in [-0.2, 0) is 6.54 Å². The van der Waals surface area contributed by atoms with Gasteiger partial charge in [-0.3, -0.25) is 0 Å². The topological polar surface area (TPSA) is 24.1 Å². The SMILES string of the molecule is CNC(C)CNCc1sccc1C. The van der Waals surface area contributed by atoms with E-state index in [9.17, 15) is 0 Å². The fourth-order valence-corrected chi connectivity index (χ4v) is 1.97. The van der Waals surface area contributed by atoms with E-state index in [2.05, 4.69) is 35.9 Å². The van der Waals surface area contributed by atoms with Gasteiger partial charge in [0.1, 0.15) is 0 Å². The van der Waals surface area contributed by atoms with Crippen molar-refractivity contribution in [1.82, 2.24) is 10.6 Å². The Hall–Kier alpha value is -0.380. The summed E-state index contributed by atoms with van der Waals surface area (Å²) in [5.74, 6) is 0. The molecule has 0 bridgehead atoms. The normalized spacial score (nSPS) is 13.2. The molecule has 1 aromatic heterocycles. The fraction of sp³-hybridized carbons (Fsp3) is 0.600. The first-order valence-corrected chi connectivity index (χ1v) is 5.53. The van der Waals surface area contributed by atoms with Gasteiger partial charge in [-0.05, 0) is 37.9 Å². The van der Waals surface area contributed by atoms with Crippen molar-refractivity contribution in [2.75, 3.05) is 13.6 Å². The van der Waals surface area contributed by atoms with Crippen molar-refractivity contribution in [3.05, 3.63) is 21.9 Å². The minimum atomic E-state index is 0.542. The molecular weight excluding hydrogens is 180 g/mol. The van der Waals surface area contributed by atoms with Crippen molar-refractivity contribution in [3.8, 4) is 0 Å². The first kappa shape index (κ1) is 10.7. The van der Waals surface area contributed by atoms with Crippen LogP contribution in [-0.4, -0.2) is 19.6 Å². The number of likely N-dealkylation sites (N-methyl/N-ethyl adjacent to an activating group) is 1. The molecular formula is C10H18N2S. The zero-order valence-corrected chi connectivity index (χ0v) is 9.37. The molecule has 3 heteroatoms. The molecule has 0 spiro atoms. The molecule has 2 N–H and O–H groups in total. The van der Waals surface area contributed by atoms with Crippen LogP contribution in [0.2, 0.25) is 0 Å². The van der Waals surface area contributed by atoms with Gasteiger partial charge in [-0.2, -0.15) is 0 Å². The molecule has 1 rings (SSSR count). The number of hydrogen-bond donors (Lipinski definition) is 2. The summed E-state index contributed by atoms with van der Waals surface area (Å²) in [5.41, 5.74) is 1.40. The lowest BCUT2D eigenvalue weighted by Gasteiger charge is -2.10. The van der Waals surface area contributed by atoms with E-state index in [0.29, 0.717) is 6.04 Å². The second-order valence-corrected chi connectivity index (χ2v) is 4.35. The van der Waals surface area contributed by atoms with E-state index < -0.39 is 0 Å². The van der Waals surface area contributed by atoms with Crippen LogP contribution < -0.4 is 10.6 Å². The minimum Gasteiger partial charge on any atom is -0.316 e. The Morgan fingerprint density at radius 1 is 1.54 bits per heavy atom. The molecule has 0 aliphatic rings. The smallest absolute Gasteiger partial charge is 0.0303 e. The van der Waals surface area contributed by atoms with Crippen LogP contribution in [0.15, 0.2) is 11.4 Å². The summed E-state index contributed by atoms with van der Waals surface area (Å²) in [4.78, 5) is 1.45. The number of rotatable bonds is 5. The molecule has 74 valence electrons. The van der Waals surface area contributed by atoms with Crippen LogP contribution in [0.3, 0.4) is 0 Å².